The van der Waals surface area contributed by atoms with E-state index in [2.05, 4.69) is 28.1 Å². The van der Waals surface area contributed by atoms with Gasteiger partial charge in [-0.25, -0.2) is 9.97 Å². The second-order valence-corrected chi connectivity index (χ2v) is 11.3. The van der Waals surface area contributed by atoms with Gasteiger partial charge in [0.25, 0.3) is 5.91 Å². The quantitative estimate of drug-likeness (QED) is 0.122. The summed E-state index contributed by atoms with van der Waals surface area (Å²) < 4.78 is 10.8. The number of hydrogen-bond acceptors (Lipinski definition) is 7. The number of benzene rings is 3. The Morgan fingerprint density at radius 3 is 2.44 bits per heavy atom. The second-order valence-electron chi connectivity index (χ2n) is 9.92. The number of carbonyl (C=O) groups excluding carboxylic acids is 1. The Hall–Kier alpha value is -3.75. The summed E-state index contributed by atoms with van der Waals surface area (Å²) in [5.41, 5.74) is 5.49. The van der Waals surface area contributed by atoms with Crippen LogP contribution in [0.4, 0.5) is 5.82 Å². The molecule has 9 heteroatoms. The molecule has 2 heterocycles. The average molecular weight is 589 g/mol. The fourth-order valence-electron chi connectivity index (χ4n) is 4.84. The summed E-state index contributed by atoms with van der Waals surface area (Å²) in [7, 11) is 5.26. The van der Waals surface area contributed by atoms with E-state index in [4.69, 9.17) is 26.1 Å². The molecule has 4 aromatic rings. The summed E-state index contributed by atoms with van der Waals surface area (Å²) in [6.07, 6.45) is 1.69. The lowest BCUT2D eigenvalue weighted by molar-refractivity contribution is 0.0734. The second kappa shape index (κ2) is 13.3. The predicted octanol–water partition coefficient (Wildman–Crippen LogP) is 6.32. The Balaban J connectivity index is 1.17. The van der Waals surface area contributed by atoms with Crippen LogP contribution in [0.15, 0.2) is 78.0 Å². The zero-order valence-electron chi connectivity index (χ0n) is 23.5. The molecule has 1 aliphatic rings. The molecule has 1 aliphatic heterocycles. The highest BCUT2D eigenvalue weighted by Crippen LogP contribution is 2.29. The third-order valence-electron chi connectivity index (χ3n) is 7.22. The van der Waals surface area contributed by atoms with Gasteiger partial charge in [-0.15, -0.1) is 0 Å². The first-order valence-electron chi connectivity index (χ1n) is 13.5. The van der Waals surface area contributed by atoms with Gasteiger partial charge in [-0.05, 0) is 59.4 Å². The summed E-state index contributed by atoms with van der Waals surface area (Å²) in [5, 5.41) is 1.01. The Morgan fingerprint density at radius 1 is 0.951 bits per heavy atom. The fraction of sp³-hybridized carbons (Fsp3) is 0.281. The Bertz CT molecular complexity index is 1520. The number of hydrogen-bond donors (Lipinski definition) is 0. The van der Waals surface area contributed by atoms with Crippen molar-refractivity contribution in [1.29, 1.82) is 0 Å². The first-order chi connectivity index (χ1) is 19.9. The van der Waals surface area contributed by atoms with Crippen LogP contribution in [-0.2, 0) is 25.1 Å². The number of ether oxygens (including phenoxy) is 2. The number of fused-ring (bicyclic) bond motifs is 1. The van der Waals surface area contributed by atoms with Gasteiger partial charge in [0.05, 0.1) is 14.2 Å². The number of thioether (sulfide) groups is 1. The van der Waals surface area contributed by atoms with Crippen LogP contribution in [0.5, 0.6) is 11.5 Å². The highest BCUT2D eigenvalue weighted by atomic mass is 35.5. The molecule has 0 fully saturated rings. The number of methoxy groups -OCH3 is 2. The van der Waals surface area contributed by atoms with Crippen LogP contribution in [0.2, 0.25) is 5.15 Å². The first kappa shape index (κ1) is 28.8. The van der Waals surface area contributed by atoms with Crippen molar-refractivity contribution in [1.82, 2.24) is 14.9 Å². The van der Waals surface area contributed by atoms with E-state index in [-0.39, 0.29) is 5.91 Å². The summed E-state index contributed by atoms with van der Waals surface area (Å²) in [6.45, 7) is 2.14. The molecular formula is C32H33ClN4O3S. The standard InChI is InChI=1S/C32H33ClN4O3S/c1-36(16-14-22-10-13-27(39-2)28(18-22)40-3)30-19-29(33)34-32(35-30)41-21-23-8-11-25(12-9-23)31(38)37-17-15-24-6-4-5-7-26(24)20-37/h4-13,18-19H,14-17,20-21H2,1-3H3. The van der Waals surface area contributed by atoms with Crippen LogP contribution in [0.25, 0.3) is 0 Å². The van der Waals surface area contributed by atoms with E-state index in [9.17, 15) is 4.79 Å². The van der Waals surface area contributed by atoms with Gasteiger partial charge in [0, 0.05) is 44.1 Å². The van der Waals surface area contributed by atoms with Gasteiger partial charge >= 0.3 is 0 Å². The topological polar surface area (TPSA) is 67.8 Å². The number of rotatable bonds is 10. The maximum atomic E-state index is 13.1. The molecule has 0 saturated heterocycles. The molecule has 0 spiro atoms. The normalized spacial score (nSPS) is 12.5. The average Bonchev–Trinajstić information content (AvgIpc) is 3.01. The lowest BCUT2D eigenvalue weighted by Crippen LogP contribution is -2.35. The zero-order chi connectivity index (χ0) is 28.8. The van der Waals surface area contributed by atoms with E-state index in [1.54, 1.807) is 20.3 Å². The van der Waals surface area contributed by atoms with Gasteiger partial charge in [0.15, 0.2) is 16.7 Å². The van der Waals surface area contributed by atoms with Crippen LogP contribution in [0.1, 0.15) is 32.6 Å². The highest BCUT2D eigenvalue weighted by molar-refractivity contribution is 7.98. The van der Waals surface area contributed by atoms with E-state index in [1.165, 1.54) is 22.9 Å². The van der Waals surface area contributed by atoms with Crippen molar-refractivity contribution < 1.29 is 14.3 Å². The lowest BCUT2D eigenvalue weighted by Gasteiger charge is -2.29. The number of carbonyl (C=O) groups is 1. The molecule has 41 heavy (non-hydrogen) atoms. The maximum Gasteiger partial charge on any atom is 0.254 e. The number of anilines is 1. The van der Waals surface area contributed by atoms with Crippen molar-refractivity contribution in [3.63, 3.8) is 0 Å². The zero-order valence-corrected chi connectivity index (χ0v) is 25.0. The van der Waals surface area contributed by atoms with E-state index in [1.807, 2.05) is 60.5 Å². The van der Waals surface area contributed by atoms with E-state index in [0.717, 1.165) is 42.9 Å². The number of halogens is 1. The van der Waals surface area contributed by atoms with Crippen LogP contribution in [0.3, 0.4) is 0 Å². The fourth-order valence-corrected chi connectivity index (χ4v) is 5.87. The molecule has 0 saturated carbocycles. The van der Waals surface area contributed by atoms with Gasteiger partial charge in [-0.2, -0.15) is 0 Å². The predicted molar refractivity (Wildman–Crippen MR) is 164 cm³/mol. The maximum absolute atomic E-state index is 13.1. The van der Waals surface area contributed by atoms with Crippen LogP contribution < -0.4 is 14.4 Å². The molecule has 1 amide bonds. The molecule has 1 aromatic heterocycles. The molecule has 7 nitrogen and oxygen atoms in total. The minimum Gasteiger partial charge on any atom is -0.493 e. The molecule has 0 aliphatic carbocycles. The third-order valence-corrected chi connectivity index (χ3v) is 8.33. The van der Waals surface area contributed by atoms with Gasteiger partial charge in [0.1, 0.15) is 11.0 Å². The molecule has 0 atom stereocenters. The number of nitrogens with zero attached hydrogens (tertiary/aromatic N) is 4. The molecule has 0 radical (unpaired) electrons. The van der Waals surface area contributed by atoms with E-state index >= 15 is 0 Å². The molecule has 0 unspecified atom stereocenters. The van der Waals surface area contributed by atoms with Crippen molar-refractivity contribution in [2.24, 2.45) is 0 Å². The van der Waals surface area contributed by atoms with Gasteiger partial charge in [-0.1, -0.05) is 65.8 Å². The SMILES string of the molecule is COc1ccc(CCN(C)c2cc(Cl)nc(SCc3ccc(C(=O)N4CCc5ccccc5C4)cc3)n2)cc1OC. The number of likely N-dealkylation sites (N-methyl/N-ethyl adjacent to an activating group) is 1. The van der Waals surface area contributed by atoms with Crippen LogP contribution in [-0.4, -0.2) is 55.1 Å². The summed E-state index contributed by atoms with van der Waals surface area (Å²) >= 11 is 7.88. The van der Waals surface area contributed by atoms with Crippen LogP contribution >= 0.6 is 23.4 Å². The van der Waals surface area contributed by atoms with Crippen molar-refractivity contribution in [3.05, 3.63) is 106 Å². The minimum absolute atomic E-state index is 0.0673. The molecule has 0 N–H and O–H groups in total. The smallest absolute Gasteiger partial charge is 0.254 e. The summed E-state index contributed by atoms with van der Waals surface area (Å²) in [6, 6.07) is 23.9. The summed E-state index contributed by atoms with van der Waals surface area (Å²) in [5.74, 6) is 2.92. The van der Waals surface area contributed by atoms with Crippen molar-refractivity contribution in [3.8, 4) is 11.5 Å². The van der Waals surface area contributed by atoms with Gasteiger partial charge in [0.2, 0.25) is 0 Å². The number of amides is 1. The molecule has 0 bridgehead atoms. The van der Waals surface area contributed by atoms with Gasteiger partial charge in [-0.3, -0.25) is 4.79 Å². The third kappa shape index (κ3) is 7.13. The molecule has 5 rings (SSSR count). The van der Waals surface area contributed by atoms with E-state index < -0.39 is 0 Å². The summed E-state index contributed by atoms with van der Waals surface area (Å²) in [4.78, 5) is 26.3. The monoisotopic (exact) mass is 588 g/mol. The first-order valence-corrected chi connectivity index (χ1v) is 14.8. The van der Waals surface area contributed by atoms with E-state index in [0.29, 0.717) is 39.7 Å². The Labute approximate surface area is 250 Å². The molecule has 3 aromatic carbocycles. The lowest BCUT2D eigenvalue weighted by atomic mass is 9.99. The van der Waals surface area contributed by atoms with Crippen molar-refractivity contribution >= 4 is 35.1 Å². The largest absolute Gasteiger partial charge is 0.493 e. The molecule has 212 valence electrons. The Kier molecular flexibility index (Phi) is 9.31. The highest BCUT2D eigenvalue weighted by Gasteiger charge is 2.21. The Morgan fingerprint density at radius 2 is 1.68 bits per heavy atom. The van der Waals surface area contributed by atoms with Gasteiger partial charge < -0.3 is 19.3 Å². The van der Waals surface area contributed by atoms with Crippen LogP contribution in [0, 0.1) is 0 Å². The van der Waals surface area contributed by atoms with Crippen molar-refractivity contribution in [2.75, 3.05) is 39.3 Å². The molecular weight excluding hydrogens is 556 g/mol. The number of aromatic nitrogens is 2. The minimum atomic E-state index is 0.0673. The van der Waals surface area contributed by atoms with Crippen molar-refractivity contribution in [2.45, 2.75) is 30.3 Å².